The number of benzene rings is 7. The van der Waals surface area contributed by atoms with Crippen LogP contribution in [0.15, 0.2) is 158 Å². The maximum atomic E-state index is 10.8. The van der Waals surface area contributed by atoms with Crippen molar-refractivity contribution in [2.24, 2.45) is 0 Å². The van der Waals surface area contributed by atoms with Crippen molar-refractivity contribution >= 4 is 43.6 Å². The monoisotopic (exact) mass is 762 g/mol. The molecule has 0 unspecified atom stereocenters. The maximum Gasteiger partial charge on any atom is 0.0998 e. The number of nitriles is 5. The topological polar surface area (TPSA) is 142 Å². The number of para-hydroxylation sites is 2. The van der Waals surface area contributed by atoms with Crippen LogP contribution in [0.3, 0.4) is 0 Å². The Morgan fingerprint density at radius 1 is 0.350 bits per heavy atom. The molecular formula is C52H26N8. The molecule has 0 bridgehead atoms. The first kappa shape index (κ1) is 35.2. The number of hydrogen-bond donors (Lipinski definition) is 0. The van der Waals surface area contributed by atoms with Crippen LogP contribution >= 0.6 is 0 Å². The maximum absolute atomic E-state index is 10.8. The van der Waals surface area contributed by atoms with Gasteiger partial charge in [0.2, 0.25) is 0 Å². The fourth-order valence-corrected chi connectivity index (χ4v) is 8.51. The van der Waals surface area contributed by atoms with Gasteiger partial charge in [0.25, 0.3) is 0 Å². The second-order valence-electron chi connectivity index (χ2n) is 14.4. The molecule has 274 valence electrons. The molecule has 0 spiro atoms. The van der Waals surface area contributed by atoms with Crippen molar-refractivity contribution < 1.29 is 0 Å². The van der Waals surface area contributed by atoms with Gasteiger partial charge in [0.1, 0.15) is 0 Å². The second-order valence-corrected chi connectivity index (χ2v) is 14.4. The minimum Gasteiger partial charge on any atom is -0.307 e. The van der Waals surface area contributed by atoms with Crippen LogP contribution in [0.2, 0.25) is 0 Å². The molecule has 0 amide bonds. The summed E-state index contributed by atoms with van der Waals surface area (Å²) < 4.78 is 4.44. The van der Waals surface area contributed by atoms with Crippen LogP contribution < -0.4 is 0 Å². The SMILES string of the molecule is N#Cc1ccc(-c2ccc3c(c2)c2ccccc2n3-c2cc(C#N)c(-c3ccncc3)cc2-n2c3ccccc3c3cc(-c4ccc(C#N)cc4C#N)ccc32)c(C#N)c1. The highest BCUT2D eigenvalue weighted by molar-refractivity contribution is 6.13. The molecule has 10 aromatic rings. The van der Waals surface area contributed by atoms with E-state index >= 15 is 0 Å². The smallest absolute Gasteiger partial charge is 0.0998 e. The molecule has 0 radical (unpaired) electrons. The van der Waals surface area contributed by atoms with Gasteiger partial charge in [-0.05, 0) is 113 Å². The summed E-state index contributed by atoms with van der Waals surface area (Å²) in [4.78, 5) is 4.25. The Kier molecular flexibility index (Phi) is 8.23. The van der Waals surface area contributed by atoms with Gasteiger partial charge in [-0.3, -0.25) is 4.98 Å². The molecule has 7 aromatic carbocycles. The van der Waals surface area contributed by atoms with Crippen LogP contribution in [0.5, 0.6) is 0 Å². The zero-order valence-corrected chi connectivity index (χ0v) is 31.6. The second kappa shape index (κ2) is 14.0. The minimum absolute atomic E-state index is 0.419. The Bertz CT molecular complexity index is 3670. The van der Waals surface area contributed by atoms with E-state index in [1.165, 1.54) is 0 Å². The molecule has 0 saturated carbocycles. The quantitative estimate of drug-likeness (QED) is 0.171. The average Bonchev–Trinajstić information content (AvgIpc) is 3.82. The van der Waals surface area contributed by atoms with E-state index in [9.17, 15) is 26.3 Å². The van der Waals surface area contributed by atoms with Crippen molar-refractivity contribution in [2.75, 3.05) is 0 Å². The lowest BCUT2D eigenvalue weighted by molar-refractivity contribution is 1.09. The van der Waals surface area contributed by atoms with E-state index < -0.39 is 0 Å². The molecule has 8 nitrogen and oxygen atoms in total. The summed E-state index contributed by atoms with van der Waals surface area (Å²) in [5.41, 5.74) is 12.3. The van der Waals surface area contributed by atoms with Crippen LogP contribution in [0, 0.1) is 56.7 Å². The normalized spacial score (nSPS) is 10.9. The largest absolute Gasteiger partial charge is 0.307 e. The predicted molar refractivity (Wildman–Crippen MR) is 233 cm³/mol. The van der Waals surface area contributed by atoms with Gasteiger partial charge in [-0.15, -0.1) is 0 Å². The number of hydrogen-bond acceptors (Lipinski definition) is 6. The Balaban J connectivity index is 1.29. The number of nitrogens with zero attached hydrogens (tertiary/aromatic N) is 8. The van der Waals surface area contributed by atoms with E-state index in [1.807, 2.05) is 66.7 Å². The van der Waals surface area contributed by atoms with Gasteiger partial charge < -0.3 is 9.13 Å². The molecule has 3 aromatic heterocycles. The molecule has 8 heteroatoms. The fourth-order valence-electron chi connectivity index (χ4n) is 8.51. The highest BCUT2D eigenvalue weighted by Crippen LogP contribution is 2.42. The van der Waals surface area contributed by atoms with Crippen molar-refractivity contribution in [3.63, 3.8) is 0 Å². The minimum atomic E-state index is 0.419. The van der Waals surface area contributed by atoms with E-state index in [0.29, 0.717) is 27.8 Å². The summed E-state index contributed by atoms with van der Waals surface area (Å²) in [5, 5.41) is 53.9. The first-order chi connectivity index (χ1) is 29.5. The van der Waals surface area contributed by atoms with E-state index in [1.54, 1.807) is 36.7 Å². The van der Waals surface area contributed by atoms with Gasteiger partial charge in [0.15, 0.2) is 0 Å². The average molecular weight is 763 g/mol. The highest BCUT2D eigenvalue weighted by Gasteiger charge is 2.23. The molecule has 10 rings (SSSR count). The Morgan fingerprint density at radius 2 is 0.800 bits per heavy atom. The third-order valence-corrected chi connectivity index (χ3v) is 11.2. The predicted octanol–water partition coefficient (Wildman–Crippen LogP) is 11.6. The molecule has 3 heterocycles. The standard InChI is InChI=1S/C52H26N8/c53-27-32-9-13-40(37(21-32)29-55)35-11-15-49-45(23-35)42-5-1-3-7-47(42)59(49)51-25-39(31-57)44(34-17-19-58-20-18-34)26-52(51)60-48-8-4-2-6-43(48)46-24-36(12-16-50(46)60)41-14-10-33(28-54)22-38(41)30-56/h1-26H. The van der Waals surface area contributed by atoms with Gasteiger partial charge in [-0.2, -0.15) is 26.3 Å². The van der Waals surface area contributed by atoms with Crippen LogP contribution in [0.4, 0.5) is 0 Å². The number of aromatic nitrogens is 3. The van der Waals surface area contributed by atoms with Crippen LogP contribution in [-0.4, -0.2) is 14.1 Å². The van der Waals surface area contributed by atoms with Crippen LogP contribution in [0.1, 0.15) is 27.8 Å². The van der Waals surface area contributed by atoms with Gasteiger partial charge >= 0.3 is 0 Å². The van der Waals surface area contributed by atoms with E-state index in [2.05, 4.69) is 99.1 Å². The summed E-state index contributed by atoms with van der Waals surface area (Å²) >= 11 is 0. The van der Waals surface area contributed by atoms with Crippen LogP contribution in [0.25, 0.3) is 88.4 Å². The van der Waals surface area contributed by atoms with Gasteiger partial charge in [-0.25, -0.2) is 0 Å². The van der Waals surface area contributed by atoms with Crippen molar-refractivity contribution in [3.8, 4) is 75.1 Å². The van der Waals surface area contributed by atoms with Crippen molar-refractivity contribution in [1.82, 2.24) is 14.1 Å². The number of pyridine rings is 1. The summed E-state index contributed by atoms with van der Waals surface area (Å²) in [7, 11) is 0. The summed E-state index contributed by atoms with van der Waals surface area (Å²) in [6, 6.07) is 58.2. The summed E-state index contributed by atoms with van der Waals surface area (Å²) in [6.07, 6.45) is 3.45. The first-order valence-corrected chi connectivity index (χ1v) is 19.0. The molecule has 0 atom stereocenters. The van der Waals surface area contributed by atoms with Gasteiger partial charge in [0.05, 0.1) is 91.6 Å². The molecule has 0 N–H and O–H groups in total. The lowest BCUT2D eigenvalue weighted by Gasteiger charge is -2.19. The molecule has 0 fully saturated rings. The Labute approximate surface area is 343 Å². The molecule has 60 heavy (non-hydrogen) atoms. The van der Waals surface area contributed by atoms with Gasteiger partial charge in [-0.1, -0.05) is 60.7 Å². The van der Waals surface area contributed by atoms with E-state index in [0.717, 1.165) is 88.4 Å². The number of fused-ring (bicyclic) bond motifs is 6. The van der Waals surface area contributed by atoms with Gasteiger partial charge in [0, 0.05) is 39.5 Å². The first-order valence-electron chi connectivity index (χ1n) is 19.0. The van der Waals surface area contributed by atoms with E-state index in [4.69, 9.17) is 0 Å². The van der Waals surface area contributed by atoms with Crippen molar-refractivity contribution in [1.29, 1.82) is 26.3 Å². The molecule has 0 aliphatic carbocycles. The molecule has 0 aliphatic rings. The Hall–Kier alpha value is -9.26. The zero-order valence-electron chi connectivity index (χ0n) is 31.6. The number of rotatable bonds is 5. The lowest BCUT2D eigenvalue weighted by Crippen LogP contribution is -2.05. The van der Waals surface area contributed by atoms with Crippen molar-refractivity contribution in [3.05, 3.63) is 186 Å². The fraction of sp³-hybridized carbons (Fsp3) is 0. The molecular weight excluding hydrogens is 737 g/mol. The Morgan fingerprint density at radius 3 is 1.28 bits per heavy atom. The zero-order chi connectivity index (χ0) is 40.9. The summed E-state index contributed by atoms with van der Waals surface area (Å²) in [5.74, 6) is 0. The summed E-state index contributed by atoms with van der Waals surface area (Å²) in [6.45, 7) is 0. The lowest BCUT2D eigenvalue weighted by atomic mass is 9.97. The molecule has 0 saturated heterocycles. The van der Waals surface area contributed by atoms with Crippen molar-refractivity contribution in [2.45, 2.75) is 0 Å². The van der Waals surface area contributed by atoms with E-state index in [-0.39, 0.29) is 0 Å². The molecule has 0 aliphatic heterocycles. The van der Waals surface area contributed by atoms with Crippen LogP contribution in [-0.2, 0) is 0 Å². The highest BCUT2D eigenvalue weighted by atomic mass is 15.1. The third-order valence-electron chi connectivity index (χ3n) is 11.2. The third kappa shape index (κ3) is 5.45.